The number of benzene rings is 3. The van der Waals surface area contributed by atoms with Gasteiger partial charge in [0.25, 0.3) is 5.91 Å². The molecule has 0 unspecified atom stereocenters. The lowest BCUT2D eigenvalue weighted by Crippen LogP contribution is -2.18. The predicted molar refractivity (Wildman–Crippen MR) is 134 cm³/mol. The van der Waals surface area contributed by atoms with E-state index in [1.54, 1.807) is 36.4 Å². The number of anilines is 1. The number of carbonyl (C=O) groups excluding carboxylic acids is 1. The first-order valence-corrected chi connectivity index (χ1v) is 12.9. The van der Waals surface area contributed by atoms with Gasteiger partial charge in [-0.05, 0) is 48.0 Å². The first-order chi connectivity index (χ1) is 17.2. The largest absolute Gasteiger partial charge is 0.487 e. The van der Waals surface area contributed by atoms with E-state index >= 15 is 0 Å². The zero-order valence-electron chi connectivity index (χ0n) is 19.5. The maximum Gasteiger partial charge on any atom is 0.255 e. The Morgan fingerprint density at radius 2 is 1.89 bits per heavy atom. The molecular weight excluding hydrogens is 485 g/mol. The highest BCUT2D eigenvalue weighted by atomic mass is 32.2. The SMILES string of the molecule is CNC(=O)c1c(-c2ccc(F)cc2)oc2cc(NCS(C)(=O)=O)c(OCc3cccc(C#N)c3)cc12. The topological polar surface area (TPSA) is 121 Å². The molecule has 0 saturated heterocycles. The van der Waals surface area contributed by atoms with Crippen molar-refractivity contribution in [3.05, 3.63) is 83.2 Å². The molecule has 2 N–H and O–H groups in total. The Morgan fingerprint density at radius 1 is 1.14 bits per heavy atom. The molecule has 184 valence electrons. The van der Waals surface area contributed by atoms with Gasteiger partial charge in [-0.15, -0.1) is 0 Å². The van der Waals surface area contributed by atoms with Crippen LogP contribution in [-0.4, -0.2) is 33.5 Å². The van der Waals surface area contributed by atoms with E-state index < -0.39 is 21.6 Å². The van der Waals surface area contributed by atoms with E-state index in [4.69, 9.17) is 14.4 Å². The normalized spacial score (nSPS) is 11.2. The van der Waals surface area contributed by atoms with Crippen molar-refractivity contribution >= 4 is 32.4 Å². The number of hydrogen-bond acceptors (Lipinski definition) is 7. The highest BCUT2D eigenvalue weighted by Crippen LogP contribution is 2.39. The van der Waals surface area contributed by atoms with Crippen LogP contribution in [0.15, 0.2) is 65.1 Å². The first-order valence-electron chi connectivity index (χ1n) is 10.8. The van der Waals surface area contributed by atoms with Crippen molar-refractivity contribution in [2.45, 2.75) is 6.61 Å². The molecule has 1 aromatic heterocycles. The first kappa shape index (κ1) is 24.8. The maximum atomic E-state index is 13.5. The van der Waals surface area contributed by atoms with Crippen molar-refractivity contribution in [2.24, 2.45) is 0 Å². The van der Waals surface area contributed by atoms with Crippen LogP contribution in [0.5, 0.6) is 5.75 Å². The van der Waals surface area contributed by atoms with Crippen LogP contribution in [0.1, 0.15) is 21.5 Å². The van der Waals surface area contributed by atoms with Gasteiger partial charge in [0.05, 0.1) is 22.9 Å². The summed E-state index contributed by atoms with van der Waals surface area (Å²) in [5, 5.41) is 15.0. The lowest BCUT2D eigenvalue weighted by atomic mass is 10.0. The van der Waals surface area contributed by atoms with Gasteiger partial charge < -0.3 is 19.8 Å². The number of halogens is 1. The van der Waals surface area contributed by atoms with Gasteiger partial charge in [-0.25, -0.2) is 12.8 Å². The summed E-state index contributed by atoms with van der Waals surface area (Å²) in [6, 6.07) is 17.6. The van der Waals surface area contributed by atoms with Crippen LogP contribution < -0.4 is 15.4 Å². The average molecular weight is 508 g/mol. The standard InChI is InChI=1S/C26H22FN3O5S/c1-29-26(31)24-20-11-23(34-14-17-5-3-4-16(10-17)13-28)21(30-15-36(2,32)33)12-22(20)35-25(24)18-6-8-19(27)9-7-18/h3-12,30H,14-15H2,1-2H3,(H,29,31). The minimum Gasteiger partial charge on any atom is -0.487 e. The molecule has 0 fully saturated rings. The van der Waals surface area contributed by atoms with Crippen molar-refractivity contribution in [1.29, 1.82) is 5.26 Å². The van der Waals surface area contributed by atoms with Crippen LogP contribution >= 0.6 is 0 Å². The quantitative estimate of drug-likeness (QED) is 0.361. The summed E-state index contributed by atoms with van der Waals surface area (Å²) < 4.78 is 49.1. The predicted octanol–water partition coefficient (Wildman–Crippen LogP) is 4.46. The smallest absolute Gasteiger partial charge is 0.255 e. The Balaban J connectivity index is 1.83. The number of nitriles is 1. The van der Waals surface area contributed by atoms with Gasteiger partial charge in [0.15, 0.2) is 9.84 Å². The molecule has 0 spiro atoms. The highest BCUT2D eigenvalue weighted by molar-refractivity contribution is 7.90. The third-order valence-corrected chi connectivity index (χ3v) is 5.99. The van der Waals surface area contributed by atoms with E-state index in [1.165, 1.54) is 31.3 Å². The molecule has 3 aromatic carbocycles. The second kappa shape index (κ2) is 10.1. The van der Waals surface area contributed by atoms with Gasteiger partial charge in [0.2, 0.25) is 0 Å². The number of sulfone groups is 1. The van der Waals surface area contributed by atoms with E-state index in [2.05, 4.69) is 16.7 Å². The Morgan fingerprint density at radius 3 is 2.56 bits per heavy atom. The molecule has 8 nitrogen and oxygen atoms in total. The number of amides is 1. The summed E-state index contributed by atoms with van der Waals surface area (Å²) in [6.45, 7) is 0.0898. The van der Waals surface area contributed by atoms with Crippen molar-refractivity contribution in [3.63, 3.8) is 0 Å². The van der Waals surface area contributed by atoms with Crippen LogP contribution in [0.25, 0.3) is 22.3 Å². The molecule has 0 aliphatic carbocycles. The summed E-state index contributed by atoms with van der Waals surface area (Å²) >= 11 is 0. The van der Waals surface area contributed by atoms with E-state index in [9.17, 15) is 17.6 Å². The molecular formula is C26H22FN3O5S. The van der Waals surface area contributed by atoms with E-state index in [0.29, 0.717) is 27.8 Å². The number of rotatable bonds is 8. The lowest BCUT2D eigenvalue weighted by Gasteiger charge is -2.14. The summed E-state index contributed by atoms with van der Waals surface area (Å²) in [6.07, 6.45) is 1.09. The van der Waals surface area contributed by atoms with Gasteiger partial charge in [-0.1, -0.05) is 12.1 Å². The van der Waals surface area contributed by atoms with E-state index in [-0.39, 0.29) is 29.6 Å². The Labute approximate surface area is 207 Å². The maximum absolute atomic E-state index is 13.5. The summed E-state index contributed by atoms with van der Waals surface area (Å²) in [7, 11) is -1.89. The molecule has 0 atom stereocenters. The van der Waals surface area contributed by atoms with Gasteiger partial charge in [0.1, 0.15) is 35.4 Å². The van der Waals surface area contributed by atoms with E-state index in [1.807, 2.05) is 0 Å². The fourth-order valence-electron chi connectivity index (χ4n) is 3.64. The highest BCUT2D eigenvalue weighted by Gasteiger charge is 2.24. The van der Waals surface area contributed by atoms with Crippen LogP contribution in [0, 0.1) is 17.1 Å². The molecule has 0 aliphatic rings. The van der Waals surface area contributed by atoms with E-state index in [0.717, 1.165) is 11.8 Å². The number of ether oxygens (including phenoxy) is 1. The van der Waals surface area contributed by atoms with Crippen molar-refractivity contribution in [3.8, 4) is 23.1 Å². The van der Waals surface area contributed by atoms with Crippen LogP contribution in [-0.2, 0) is 16.4 Å². The average Bonchev–Trinajstić information content (AvgIpc) is 3.23. The Bertz CT molecular complexity index is 1590. The van der Waals surface area contributed by atoms with Crippen molar-refractivity contribution in [1.82, 2.24) is 5.32 Å². The summed E-state index contributed by atoms with van der Waals surface area (Å²) in [5.74, 6) is -0.688. The summed E-state index contributed by atoms with van der Waals surface area (Å²) in [5.41, 5.74) is 2.57. The zero-order chi connectivity index (χ0) is 25.9. The molecule has 36 heavy (non-hydrogen) atoms. The minimum absolute atomic E-state index is 0.0898. The zero-order valence-corrected chi connectivity index (χ0v) is 20.3. The van der Waals surface area contributed by atoms with Gasteiger partial charge in [0, 0.05) is 30.3 Å². The van der Waals surface area contributed by atoms with Crippen LogP contribution in [0.2, 0.25) is 0 Å². The second-order valence-corrected chi connectivity index (χ2v) is 10.2. The Kier molecular flexibility index (Phi) is 6.94. The van der Waals surface area contributed by atoms with Crippen molar-refractivity contribution < 1.29 is 26.8 Å². The van der Waals surface area contributed by atoms with Gasteiger partial charge >= 0.3 is 0 Å². The minimum atomic E-state index is -3.37. The fourth-order valence-corrected chi connectivity index (χ4v) is 4.05. The molecule has 10 heteroatoms. The molecule has 4 aromatic rings. The number of fused-ring (bicyclic) bond motifs is 1. The lowest BCUT2D eigenvalue weighted by molar-refractivity contribution is 0.0964. The number of hydrogen-bond donors (Lipinski definition) is 2. The molecule has 1 amide bonds. The third kappa shape index (κ3) is 5.47. The monoisotopic (exact) mass is 507 g/mol. The second-order valence-electron chi connectivity index (χ2n) is 8.08. The molecule has 0 radical (unpaired) electrons. The molecule has 0 bridgehead atoms. The molecule has 4 rings (SSSR count). The number of nitrogens with one attached hydrogen (secondary N) is 2. The molecule has 1 heterocycles. The number of nitrogens with zero attached hydrogens (tertiary/aromatic N) is 1. The number of carbonyl (C=O) groups is 1. The van der Waals surface area contributed by atoms with Gasteiger partial charge in [-0.3, -0.25) is 4.79 Å². The molecule has 0 aliphatic heterocycles. The number of furan rings is 1. The van der Waals surface area contributed by atoms with Crippen molar-refractivity contribution in [2.75, 3.05) is 24.5 Å². The third-order valence-electron chi connectivity index (χ3n) is 5.33. The summed E-state index contributed by atoms with van der Waals surface area (Å²) in [4.78, 5) is 12.8. The van der Waals surface area contributed by atoms with Gasteiger partial charge in [-0.2, -0.15) is 5.26 Å². The van der Waals surface area contributed by atoms with Crippen LogP contribution in [0.4, 0.5) is 10.1 Å². The van der Waals surface area contributed by atoms with Crippen LogP contribution in [0.3, 0.4) is 0 Å². The Hall–Kier alpha value is -4.36. The fraction of sp³-hybridized carbons (Fsp3) is 0.154. The molecule has 0 saturated carbocycles.